The van der Waals surface area contributed by atoms with Gasteiger partial charge >= 0.3 is 16.4 Å². The van der Waals surface area contributed by atoms with E-state index < -0.39 is 34.4 Å². The molecule has 2 unspecified atom stereocenters. The molecule has 12 nitrogen and oxygen atoms in total. The largest absolute Gasteiger partial charge is 0.418 e. The molecule has 3 amide bonds. The molecule has 0 spiro atoms. The molecule has 2 aliphatic heterocycles. The Kier molecular flexibility index (Phi) is 6.53. The van der Waals surface area contributed by atoms with Crippen molar-refractivity contribution in [3.8, 4) is 0 Å². The van der Waals surface area contributed by atoms with E-state index in [0.29, 0.717) is 30.9 Å². The van der Waals surface area contributed by atoms with Gasteiger partial charge in [0.2, 0.25) is 0 Å². The molecule has 0 aromatic rings. The predicted octanol–water partition coefficient (Wildman–Crippen LogP) is -1.90. The fourth-order valence-electron chi connectivity index (χ4n) is 2.86. The molecule has 0 saturated carbocycles. The molecule has 0 aliphatic carbocycles. The van der Waals surface area contributed by atoms with Gasteiger partial charge in [-0.05, 0) is 32.2 Å². The lowest BCUT2D eigenvalue weighted by molar-refractivity contribution is -0.139. The van der Waals surface area contributed by atoms with E-state index in [-0.39, 0.29) is 19.2 Å². The number of hydrogen-bond acceptors (Lipinski definition) is 8. The van der Waals surface area contributed by atoms with E-state index in [9.17, 15) is 18.0 Å². The minimum absolute atomic E-state index is 0.104. The second kappa shape index (κ2) is 8.25. The monoisotopic (exact) mass is 381 g/mol. The second-order valence-corrected chi connectivity index (χ2v) is 6.98. The van der Waals surface area contributed by atoms with Gasteiger partial charge in [-0.25, -0.2) is 10.3 Å². The van der Waals surface area contributed by atoms with Gasteiger partial charge in [-0.3, -0.25) is 14.2 Å². The van der Waals surface area contributed by atoms with Crippen LogP contribution in [-0.2, 0) is 24.3 Å². The smallest absolute Gasteiger partial charge is 0.330 e. The van der Waals surface area contributed by atoms with Crippen molar-refractivity contribution in [3.05, 3.63) is 0 Å². The van der Waals surface area contributed by atoms with E-state index in [2.05, 4.69) is 9.76 Å². The summed E-state index contributed by atoms with van der Waals surface area (Å²) < 4.78 is 34.7. The van der Waals surface area contributed by atoms with Crippen molar-refractivity contribution in [2.24, 2.45) is 11.5 Å². The molecule has 3 atom stereocenters. The summed E-state index contributed by atoms with van der Waals surface area (Å²) in [7, 11) is -4.82. The van der Waals surface area contributed by atoms with Crippen LogP contribution in [0.15, 0.2) is 0 Å². The molecule has 2 aliphatic rings. The third-order valence-corrected chi connectivity index (χ3v) is 4.40. The summed E-state index contributed by atoms with van der Waals surface area (Å²) in [4.78, 5) is 30.6. The van der Waals surface area contributed by atoms with Crippen molar-refractivity contribution in [2.45, 2.75) is 43.8 Å². The molecule has 144 valence electrons. The van der Waals surface area contributed by atoms with Crippen molar-refractivity contribution >= 4 is 22.3 Å². The summed E-state index contributed by atoms with van der Waals surface area (Å²) in [6, 6.07) is -2.45. The van der Waals surface area contributed by atoms with Crippen LogP contribution in [0.2, 0.25) is 0 Å². The van der Waals surface area contributed by atoms with Crippen LogP contribution < -0.4 is 16.9 Å². The summed E-state index contributed by atoms with van der Waals surface area (Å²) in [6.07, 6.45) is 2.04. The topological polar surface area (TPSA) is 178 Å². The van der Waals surface area contributed by atoms with Gasteiger partial charge in [0.1, 0.15) is 6.04 Å². The average Bonchev–Trinajstić information content (AvgIpc) is 2.76. The van der Waals surface area contributed by atoms with Gasteiger partial charge in [-0.1, -0.05) is 0 Å². The Bertz CT molecular complexity index is 601. The summed E-state index contributed by atoms with van der Waals surface area (Å²) in [5.41, 5.74) is 13.4. The molecule has 2 bridgehead atoms. The Labute approximate surface area is 145 Å². The number of hydrogen-bond donors (Lipinski definition) is 4. The van der Waals surface area contributed by atoms with Gasteiger partial charge in [-0.2, -0.15) is 13.5 Å². The molecule has 2 rings (SSSR count). The Morgan fingerprint density at radius 3 is 2.80 bits per heavy atom. The highest BCUT2D eigenvalue weighted by atomic mass is 32.3. The van der Waals surface area contributed by atoms with E-state index in [1.165, 1.54) is 4.90 Å². The highest BCUT2D eigenvalue weighted by Gasteiger charge is 2.49. The first-order valence-corrected chi connectivity index (χ1v) is 9.23. The number of nitrogens with two attached hydrogens (primary N) is 2. The minimum Gasteiger partial charge on any atom is -0.330 e. The van der Waals surface area contributed by atoms with Crippen LogP contribution in [0, 0.1) is 0 Å². The van der Waals surface area contributed by atoms with Crippen LogP contribution >= 0.6 is 0 Å². The van der Waals surface area contributed by atoms with E-state index in [0.717, 1.165) is 6.42 Å². The lowest BCUT2D eigenvalue weighted by Gasteiger charge is -2.29. The summed E-state index contributed by atoms with van der Waals surface area (Å²) >= 11 is 0. The molecule has 0 aromatic carbocycles. The molecule has 0 aromatic heterocycles. The van der Waals surface area contributed by atoms with Crippen LogP contribution in [0.4, 0.5) is 4.79 Å². The predicted molar refractivity (Wildman–Crippen MR) is 83.7 cm³/mol. The zero-order chi connectivity index (χ0) is 18.6. The number of amides is 3. The SMILES string of the molecule is NCCC[C@H](N)CONC(=O)C1CCC2CN1C(=O)N2OS(=O)(=O)O. The molecule has 6 N–H and O–H groups in total. The quantitative estimate of drug-likeness (QED) is 0.262. The first-order chi connectivity index (χ1) is 11.7. The Morgan fingerprint density at radius 2 is 2.16 bits per heavy atom. The van der Waals surface area contributed by atoms with Crippen molar-refractivity contribution in [2.75, 3.05) is 19.7 Å². The maximum absolute atomic E-state index is 12.2. The number of piperidine rings is 1. The van der Waals surface area contributed by atoms with Gasteiger partial charge in [0.05, 0.1) is 12.6 Å². The third kappa shape index (κ3) is 5.23. The maximum atomic E-state index is 12.2. The Morgan fingerprint density at radius 1 is 1.44 bits per heavy atom. The molecule has 2 fully saturated rings. The van der Waals surface area contributed by atoms with Crippen LogP contribution in [0.1, 0.15) is 25.7 Å². The summed E-state index contributed by atoms with van der Waals surface area (Å²) in [5, 5.41) is 0.576. The fourth-order valence-corrected chi connectivity index (χ4v) is 3.24. The Hall–Kier alpha value is -1.51. The number of rotatable bonds is 9. The van der Waals surface area contributed by atoms with Gasteiger partial charge in [0.25, 0.3) is 5.91 Å². The zero-order valence-electron chi connectivity index (χ0n) is 13.5. The van der Waals surface area contributed by atoms with E-state index in [1.807, 2.05) is 0 Å². The minimum atomic E-state index is -4.82. The summed E-state index contributed by atoms with van der Waals surface area (Å²) in [5.74, 6) is -0.536. The average molecular weight is 381 g/mol. The van der Waals surface area contributed by atoms with Crippen molar-refractivity contribution in [1.29, 1.82) is 0 Å². The van der Waals surface area contributed by atoms with Crippen LogP contribution in [0.3, 0.4) is 0 Å². The number of nitrogens with zero attached hydrogens (tertiary/aromatic N) is 2. The third-order valence-electron chi connectivity index (χ3n) is 4.05. The summed E-state index contributed by atoms with van der Waals surface area (Å²) in [6.45, 7) is 0.734. The van der Waals surface area contributed by atoms with E-state index >= 15 is 0 Å². The maximum Gasteiger partial charge on any atom is 0.418 e. The van der Waals surface area contributed by atoms with Crippen molar-refractivity contribution in [3.63, 3.8) is 0 Å². The van der Waals surface area contributed by atoms with E-state index in [1.54, 1.807) is 0 Å². The van der Waals surface area contributed by atoms with Crippen LogP contribution in [-0.4, -0.2) is 72.7 Å². The van der Waals surface area contributed by atoms with E-state index in [4.69, 9.17) is 20.9 Å². The van der Waals surface area contributed by atoms with Crippen LogP contribution in [0.25, 0.3) is 0 Å². The molecular weight excluding hydrogens is 358 g/mol. The zero-order valence-corrected chi connectivity index (χ0v) is 14.4. The van der Waals surface area contributed by atoms with Crippen molar-refractivity contribution < 1.29 is 31.7 Å². The number of carbonyl (C=O) groups is 2. The standard InChI is InChI=1S/C12H23N5O7S/c13-5-1-2-8(14)7-23-15-11(18)10-4-3-9-6-16(10)12(19)17(9)24-25(20,21)22/h8-10H,1-7,13-14H2,(H,15,18)(H,20,21,22)/t8-,9?,10?/m0/s1. The molecule has 25 heavy (non-hydrogen) atoms. The normalized spacial score (nSPS) is 24.5. The number of fused-ring (bicyclic) bond motifs is 2. The molecule has 0 radical (unpaired) electrons. The first kappa shape index (κ1) is 19.8. The Balaban J connectivity index is 1.85. The molecular formula is C12H23N5O7S. The molecule has 2 heterocycles. The number of carbonyl (C=O) groups excluding carboxylic acids is 2. The van der Waals surface area contributed by atoms with Gasteiger partial charge in [-0.15, -0.1) is 4.28 Å². The lowest BCUT2D eigenvalue weighted by atomic mass is 10.0. The molecule has 13 heteroatoms. The lowest BCUT2D eigenvalue weighted by Crippen LogP contribution is -2.50. The highest BCUT2D eigenvalue weighted by molar-refractivity contribution is 7.80. The van der Waals surface area contributed by atoms with Crippen LogP contribution in [0.5, 0.6) is 0 Å². The van der Waals surface area contributed by atoms with Gasteiger partial charge in [0, 0.05) is 12.6 Å². The van der Waals surface area contributed by atoms with Gasteiger partial charge < -0.3 is 16.4 Å². The number of nitrogens with one attached hydrogen (secondary N) is 1. The van der Waals surface area contributed by atoms with Gasteiger partial charge in [0.15, 0.2) is 0 Å². The number of urea groups is 1. The molecule has 2 saturated heterocycles. The first-order valence-electron chi connectivity index (χ1n) is 7.87. The van der Waals surface area contributed by atoms with Crippen molar-refractivity contribution in [1.82, 2.24) is 15.4 Å². The number of hydroxylamine groups is 3. The highest BCUT2D eigenvalue weighted by Crippen LogP contribution is 2.30. The second-order valence-electron chi connectivity index (χ2n) is 5.98. The fraction of sp³-hybridized carbons (Fsp3) is 0.833.